The average Bonchev–Trinajstić information content (AvgIpc) is 2.87. The monoisotopic (exact) mass is 318 g/mol. The second kappa shape index (κ2) is 4.95. The van der Waals surface area contributed by atoms with Crippen molar-refractivity contribution in [3.63, 3.8) is 0 Å². The fourth-order valence-electron chi connectivity index (χ4n) is 2.13. The molecule has 114 valence electrons. The Bertz CT molecular complexity index is 923. The fourth-order valence-corrected chi connectivity index (χ4v) is 3.08. The standard InChI is InChI=1S/C15H15FN4OS/c1-8-17-10-7-5-6-9(16)11(10)12(21)20(8)14-19-18-13(22-14)15(2,3)4/h5-7H,1-4H3. The summed E-state index contributed by atoms with van der Waals surface area (Å²) in [5.74, 6) is -0.121. The van der Waals surface area contributed by atoms with Gasteiger partial charge in [-0.1, -0.05) is 38.2 Å². The van der Waals surface area contributed by atoms with Gasteiger partial charge in [-0.3, -0.25) is 4.79 Å². The van der Waals surface area contributed by atoms with E-state index in [2.05, 4.69) is 15.2 Å². The van der Waals surface area contributed by atoms with E-state index in [-0.39, 0.29) is 10.8 Å². The molecule has 0 fully saturated rings. The lowest BCUT2D eigenvalue weighted by Crippen LogP contribution is -2.23. The van der Waals surface area contributed by atoms with Crippen LogP contribution in [0, 0.1) is 12.7 Å². The van der Waals surface area contributed by atoms with Crippen molar-refractivity contribution >= 4 is 22.2 Å². The summed E-state index contributed by atoms with van der Waals surface area (Å²) in [6.45, 7) is 7.76. The molecule has 0 aliphatic heterocycles. The van der Waals surface area contributed by atoms with Crippen LogP contribution in [-0.2, 0) is 5.41 Å². The van der Waals surface area contributed by atoms with Gasteiger partial charge in [-0.15, -0.1) is 10.2 Å². The van der Waals surface area contributed by atoms with Gasteiger partial charge in [0.05, 0.1) is 5.52 Å². The maximum absolute atomic E-state index is 14.0. The first kappa shape index (κ1) is 14.8. The Kier molecular flexibility index (Phi) is 3.32. The molecule has 5 nitrogen and oxygen atoms in total. The third kappa shape index (κ3) is 2.31. The zero-order valence-electron chi connectivity index (χ0n) is 12.7. The Morgan fingerprint density at radius 1 is 1.23 bits per heavy atom. The van der Waals surface area contributed by atoms with Crippen molar-refractivity contribution in [2.24, 2.45) is 0 Å². The Morgan fingerprint density at radius 3 is 2.59 bits per heavy atom. The quantitative estimate of drug-likeness (QED) is 0.692. The Labute approximate surface area is 130 Å². The predicted octanol–water partition coefficient (Wildman–Crippen LogP) is 2.98. The summed E-state index contributed by atoms with van der Waals surface area (Å²) in [6.07, 6.45) is 0. The molecular formula is C15H15FN4OS. The zero-order chi connectivity index (χ0) is 16.1. The SMILES string of the molecule is Cc1nc2cccc(F)c2c(=O)n1-c1nnc(C(C)(C)C)s1. The molecule has 2 aromatic heterocycles. The van der Waals surface area contributed by atoms with E-state index in [9.17, 15) is 9.18 Å². The molecule has 3 aromatic rings. The van der Waals surface area contributed by atoms with Crippen LogP contribution in [0.1, 0.15) is 31.6 Å². The molecule has 0 spiro atoms. The first-order chi connectivity index (χ1) is 10.3. The molecule has 0 saturated heterocycles. The molecule has 7 heteroatoms. The van der Waals surface area contributed by atoms with E-state index in [1.54, 1.807) is 13.0 Å². The minimum Gasteiger partial charge on any atom is -0.268 e. The van der Waals surface area contributed by atoms with Gasteiger partial charge in [0.15, 0.2) is 0 Å². The van der Waals surface area contributed by atoms with Crippen LogP contribution >= 0.6 is 11.3 Å². The first-order valence-corrected chi connectivity index (χ1v) is 7.63. The second-order valence-corrected chi connectivity index (χ2v) is 7.03. The lowest BCUT2D eigenvalue weighted by Gasteiger charge is -2.12. The minimum absolute atomic E-state index is 0.0272. The van der Waals surface area contributed by atoms with Gasteiger partial charge in [-0.05, 0) is 19.1 Å². The van der Waals surface area contributed by atoms with Crippen molar-refractivity contribution in [3.8, 4) is 5.13 Å². The molecule has 0 aliphatic rings. The van der Waals surface area contributed by atoms with Crippen molar-refractivity contribution in [2.75, 3.05) is 0 Å². The van der Waals surface area contributed by atoms with Crippen LogP contribution in [-0.4, -0.2) is 19.7 Å². The maximum atomic E-state index is 14.0. The fraction of sp³-hybridized carbons (Fsp3) is 0.333. The number of hydrogen-bond acceptors (Lipinski definition) is 5. The maximum Gasteiger partial charge on any atom is 0.270 e. The van der Waals surface area contributed by atoms with Crippen LogP contribution in [0.15, 0.2) is 23.0 Å². The summed E-state index contributed by atoms with van der Waals surface area (Å²) in [7, 11) is 0. The third-order valence-corrected chi connectivity index (χ3v) is 4.60. The van der Waals surface area contributed by atoms with Crippen LogP contribution in [0.2, 0.25) is 0 Å². The molecular weight excluding hydrogens is 303 g/mol. The lowest BCUT2D eigenvalue weighted by atomic mass is 9.98. The predicted molar refractivity (Wildman–Crippen MR) is 84.2 cm³/mol. The molecule has 0 saturated carbocycles. The van der Waals surface area contributed by atoms with Crippen LogP contribution in [0.25, 0.3) is 16.0 Å². The van der Waals surface area contributed by atoms with Gasteiger partial charge in [0.2, 0.25) is 5.13 Å². The summed E-state index contributed by atoms with van der Waals surface area (Å²) >= 11 is 1.31. The summed E-state index contributed by atoms with van der Waals surface area (Å²) in [5, 5.41) is 9.40. The summed E-state index contributed by atoms with van der Waals surface area (Å²) in [4.78, 5) is 17.0. The first-order valence-electron chi connectivity index (χ1n) is 6.81. The van der Waals surface area contributed by atoms with Crippen molar-refractivity contribution < 1.29 is 4.39 Å². The normalized spacial score (nSPS) is 12.0. The van der Waals surface area contributed by atoms with Crippen molar-refractivity contribution in [1.29, 1.82) is 0 Å². The van der Waals surface area contributed by atoms with E-state index in [4.69, 9.17) is 0 Å². The molecule has 22 heavy (non-hydrogen) atoms. The average molecular weight is 318 g/mol. The van der Waals surface area contributed by atoms with E-state index < -0.39 is 11.4 Å². The molecule has 3 rings (SSSR count). The zero-order valence-corrected chi connectivity index (χ0v) is 13.5. The van der Waals surface area contributed by atoms with Gasteiger partial charge >= 0.3 is 0 Å². The van der Waals surface area contributed by atoms with Crippen molar-refractivity contribution in [1.82, 2.24) is 19.7 Å². The van der Waals surface area contributed by atoms with Gasteiger partial charge in [0.1, 0.15) is 22.0 Å². The molecule has 2 heterocycles. The highest BCUT2D eigenvalue weighted by molar-refractivity contribution is 7.13. The lowest BCUT2D eigenvalue weighted by molar-refractivity contribution is 0.578. The van der Waals surface area contributed by atoms with Crippen LogP contribution in [0.4, 0.5) is 4.39 Å². The number of aromatic nitrogens is 4. The van der Waals surface area contributed by atoms with Crippen LogP contribution < -0.4 is 5.56 Å². The molecule has 1 aromatic carbocycles. The Balaban J connectivity index is 2.30. The topological polar surface area (TPSA) is 60.7 Å². The van der Waals surface area contributed by atoms with Gasteiger partial charge in [0, 0.05) is 5.41 Å². The van der Waals surface area contributed by atoms with E-state index in [0.29, 0.717) is 16.5 Å². The number of fused-ring (bicyclic) bond motifs is 1. The number of rotatable bonds is 1. The molecule has 0 bridgehead atoms. The largest absolute Gasteiger partial charge is 0.270 e. The van der Waals surface area contributed by atoms with Gasteiger partial charge in [0.25, 0.3) is 5.56 Å². The molecule has 0 aliphatic carbocycles. The molecule has 0 atom stereocenters. The summed E-state index contributed by atoms with van der Waals surface area (Å²) in [5.41, 5.74) is -0.278. The Morgan fingerprint density at radius 2 is 1.95 bits per heavy atom. The number of nitrogens with zero attached hydrogens (tertiary/aromatic N) is 4. The van der Waals surface area contributed by atoms with E-state index in [0.717, 1.165) is 5.01 Å². The smallest absolute Gasteiger partial charge is 0.268 e. The molecule has 0 radical (unpaired) electrons. The van der Waals surface area contributed by atoms with E-state index in [1.807, 2.05) is 20.8 Å². The van der Waals surface area contributed by atoms with E-state index in [1.165, 1.54) is 28.0 Å². The number of benzene rings is 1. The molecule has 0 unspecified atom stereocenters. The van der Waals surface area contributed by atoms with Gasteiger partial charge in [-0.25, -0.2) is 13.9 Å². The van der Waals surface area contributed by atoms with E-state index >= 15 is 0 Å². The van der Waals surface area contributed by atoms with Crippen molar-refractivity contribution in [2.45, 2.75) is 33.1 Å². The summed E-state index contributed by atoms with van der Waals surface area (Å²) < 4.78 is 15.3. The second-order valence-electron chi connectivity index (χ2n) is 6.07. The minimum atomic E-state index is -0.579. The van der Waals surface area contributed by atoms with Crippen LogP contribution in [0.3, 0.4) is 0 Å². The third-order valence-electron chi connectivity index (χ3n) is 3.26. The number of halogens is 1. The van der Waals surface area contributed by atoms with Gasteiger partial charge < -0.3 is 0 Å². The number of hydrogen-bond donors (Lipinski definition) is 0. The summed E-state index contributed by atoms with van der Waals surface area (Å²) in [6, 6.07) is 4.42. The Hall–Kier alpha value is -2.15. The highest BCUT2D eigenvalue weighted by atomic mass is 32.1. The highest BCUT2D eigenvalue weighted by Gasteiger charge is 2.22. The molecule has 0 amide bonds. The highest BCUT2D eigenvalue weighted by Crippen LogP contribution is 2.27. The van der Waals surface area contributed by atoms with Gasteiger partial charge in [-0.2, -0.15) is 0 Å². The number of aryl methyl sites for hydroxylation is 1. The molecule has 0 N–H and O–H groups in total. The van der Waals surface area contributed by atoms with Crippen molar-refractivity contribution in [3.05, 3.63) is 45.2 Å². The van der Waals surface area contributed by atoms with Crippen LogP contribution in [0.5, 0.6) is 0 Å².